The first-order valence-corrected chi connectivity index (χ1v) is 8.85. The zero-order valence-corrected chi connectivity index (χ0v) is 13.8. The predicted molar refractivity (Wildman–Crippen MR) is 92.7 cm³/mol. The molecule has 2 unspecified atom stereocenters. The van der Waals surface area contributed by atoms with Gasteiger partial charge in [-0.1, -0.05) is 12.1 Å². The molecule has 0 spiro atoms. The van der Waals surface area contributed by atoms with Crippen LogP contribution in [0.1, 0.15) is 28.6 Å². The molecule has 1 aliphatic rings. The van der Waals surface area contributed by atoms with Gasteiger partial charge in [0.2, 0.25) is 5.91 Å². The van der Waals surface area contributed by atoms with Gasteiger partial charge in [-0.15, -0.1) is 11.3 Å². The van der Waals surface area contributed by atoms with Crippen molar-refractivity contribution in [1.29, 1.82) is 0 Å². The van der Waals surface area contributed by atoms with Gasteiger partial charge in [-0.2, -0.15) is 0 Å². The molecule has 0 bridgehead atoms. The molecule has 2 heterocycles. The van der Waals surface area contributed by atoms with E-state index in [1.165, 1.54) is 10.4 Å². The smallest absolute Gasteiger partial charge is 0.223 e. The van der Waals surface area contributed by atoms with Crippen LogP contribution in [0.2, 0.25) is 0 Å². The highest BCUT2D eigenvalue weighted by atomic mass is 32.1. The SMILES string of the molecule is Cc1ccsc1C1CC1C(=O)NCCc1nc2ccccc2[nH]1. The van der Waals surface area contributed by atoms with Gasteiger partial charge in [-0.3, -0.25) is 4.79 Å². The third-order valence-electron chi connectivity index (χ3n) is 4.47. The van der Waals surface area contributed by atoms with E-state index in [1.807, 2.05) is 24.3 Å². The van der Waals surface area contributed by atoms with Crippen molar-refractivity contribution < 1.29 is 4.79 Å². The molecular weight excluding hydrogens is 306 g/mol. The van der Waals surface area contributed by atoms with E-state index in [0.717, 1.165) is 29.7 Å². The number of carbonyl (C=O) groups is 1. The van der Waals surface area contributed by atoms with E-state index >= 15 is 0 Å². The Morgan fingerprint density at radius 2 is 2.26 bits per heavy atom. The number of nitrogens with zero attached hydrogens (tertiary/aromatic N) is 1. The summed E-state index contributed by atoms with van der Waals surface area (Å²) in [6.07, 6.45) is 1.72. The minimum absolute atomic E-state index is 0.156. The molecule has 3 aromatic rings. The van der Waals surface area contributed by atoms with Crippen molar-refractivity contribution in [2.75, 3.05) is 6.54 Å². The molecule has 1 saturated carbocycles. The summed E-state index contributed by atoms with van der Waals surface area (Å²) < 4.78 is 0. The van der Waals surface area contributed by atoms with Crippen LogP contribution in [-0.2, 0) is 11.2 Å². The molecule has 4 rings (SSSR count). The number of amides is 1. The largest absolute Gasteiger partial charge is 0.355 e. The van der Waals surface area contributed by atoms with E-state index in [4.69, 9.17) is 0 Å². The number of hydrogen-bond donors (Lipinski definition) is 2. The molecule has 1 amide bonds. The topological polar surface area (TPSA) is 57.8 Å². The lowest BCUT2D eigenvalue weighted by Gasteiger charge is -2.03. The molecule has 23 heavy (non-hydrogen) atoms. The Balaban J connectivity index is 1.30. The average Bonchev–Trinajstić information content (AvgIpc) is 3.04. The lowest BCUT2D eigenvalue weighted by atomic mass is 10.2. The molecule has 4 nitrogen and oxygen atoms in total. The van der Waals surface area contributed by atoms with Crippen LogP contribution in [0.5, 0.6) is 0 Å². The highest BCUT2D eigenvalue weighted by Gasteiger charge is 2.45. The van der Waals surface area contributed by atoms with Crippen LogP contribution in [0, 0.1) is 12.8 Å². The first-order chi connectivity index (χ1) is 11.2. The summed E-state index contributed by atoms with van der Waals surface area (Å²) in [5, 5.41) is 5.17. The first-order valence-electron chi connectivity index (χ1n) is 7.97. The van der Waals surface area contributed by atoms with Gasteiger partial charge >= 0.3 is 0 Å². The number of nitrogens with one attached hydrogen (secondary N) is 2. The summed E-state index contributed by atoms with van der Waals surface area (Å²) >= 11 is 1.77. The van der Waals surface area contributed by atoms with Gasteiger partial charge in [0.15, 0.2) is 0 Å². The molecule has 0 aliphatic heterocycles. The van der Waals surface area contributed by atoms with Crippen molar-refractivity contribution in [2.45, 2.75) is 25.7 Å². The molecule has 1 fully saturated rings. The third-order valence-corrected chi connectivity index (χ3v) is 5.62. The Labute approximate surface area is 138 Å². The number of aryl methyl sites for hydroxylation is 1. The number of fused-ring (bicyclic) bond motifs is 1. The number of benzene rings is 1. The minimum atomic E-state index is 0.156. The van der Waals surface area contributed by atoms with Gasteiger partial charge in [0.1, 0.15) is 5.82 Å². The van der Waals surface area contributed by atoms with E-state index in [1.54, 1.807) is 11.3 Å². The number of hydrogen-bond acceptors (Lipinski definition) is 3. The number of imidazole rings is 1. The maximum atomic E-state index is 12.2. The monoisotopic (exact) mass is 325 g/mol. The van der Waals surface area contributed by atoms with Crippen LogP contribution in [0.25, 0.3) is 11.0 Å². The Hall–Kier alpha value is -2.14. The third kappa shape index (κ3) is 2.88. The van der Waals surface area contributed by atoms with Crippen LogP contribution in [-0.4, -0.2) is 22.4 Å². The summed E-state index contributed by atoms with van der Waals surface area (Å²) in [6.45, 7) is 2.76. The summed E-state index contributed by atoms with van der Waals surface area (Å²) in [4.78, 5) is 21.4. The summed E-state index contributed by atoms with van der Waals surface area (Å²) in [6, 6.07) is 10.1. The lowest BCUT2D eigenvalue weighted by molar-refractivity contribution is -0.122. The van der Waals surface area contributed by atoms with Gasteiger partial charge in [0, 0.05) is 29.7 Å². The number of aromatic nitrogens is 2. The van der Waals surface area contributed by atoms with Crippen molar-refractivity contribution in [1.82, 2.24) is 15.3 Å². The fourth-order valence-electron chi connectivity index (χ4n) is 3.10. The molecule has 5 heteroatoms. The summed E-state index contributed by atoms with van der Waals surface area (Å²) in [5.74, 6) is 1.69. The van der Waals surface area contributed by atoms with Crippen molar-refractivity contribution in [3.63, 3.8) is 0 Å². The molecule has 0 radical (unpaired) electrons. The molecule has 2 atom stereocenters. The molecule has 2 aromatic heterocycles. The molecule has 118 valence electrons. The second kappa shape index (κ2) is 5.81. The molecule has 1 aromatic carbocycles. The van der Waals surface area contributed by atoms with Crippen molar-refractivity contribution in [3.05, 3.63) is 52.0 Å². The van der Waals surface area contributed by atoms with E-state index in [0.29, 0.717) is 12.5 Å². The Bertz CT molecular complexity index is 818. The van der Waals surface area contributed by atoms with E-state index in [2.05, 4.69) is 33.7 Å². The standard InChI is InChI=1S/C18H19N3OS/c1-11-7-9-23-17(11)12-10-13(12)18(22)19-8-6-16-20-14-4-2-3-5-15(14)21-16/h2-5,7,9,12-13H,6,8,10H2,1H3,(H,19,22)(H,20,21). The van der Waals surface area contributed by atoms with E-state index in [-0.39, 0.29) is 11.8 Å². The van der Waals surface area contributed by atoms with Gasteiger partial charge < -0.3 is 10.3 Å². The lowest BCUT2D eigenvalue weighted by Crippen LogP contribution is -2.27. The highest BCUT2D eigenvalue weighted by Crippen LogP contribution is 2.50. The summed E-state index contributed by atoms with van der Waals surface area (Å²) in [7, 11) is 0. The Morgan fingerprint density at radius 3 is 3.04 bits per heavy atom. The average molecular weight is 325 g/mol. The number of para-hydroxylation sites is 2. The van der Waals surface area contributed by atoms with Gasteiger partial charge in [0.25, 0.3) is 0 Å². The fraction of sp³-hybridized carbons (Fsp3) is 0.333. The van der Waals surface area contributed by atoms with Gasteiger partial charge in [-0.05, 0) is 42.5 Å². The second-order valence-electron chi connectivity index (χ2n) is 6.16. The predicted octanol–water partition coefficient (Wildman–Crippen LogP) is 3.40. The Kier molecular flexibility index (Phi) is 3.65. The maximum Gasteiger partial charge on any atom is 0.223 e. The van der Waals surface area contributed by atoms with Gasteiger partial charge in [-0.25, -0.2) is 4.98 Å². The van der Waals surface area contributed by atoms with E-state index in [9.17, 15) is 4.79 Å². The van der Waals surface area contributed by atoms with Crippen LogP contribution < -0.4 is 5.32 Å². The second-order valence-corrected chi connectivity index (χ2v) is 7.11. The number of aromatic amines is 1. The van der Waals surface area contributed by atoms with Crippen LogP contribution >= 0.6 is 11.3 Å². The minimum Gasteiger partial charge on any atom is -0.355 e. The van der Waals surface area contributed by atoms with Crippen LogP contribution in [0.15, 0.2) is 35.7 Å². The Morgan fingerprint density at radius 1 is 1.39 bits per heavy atom. The number of rotatable bonds is 5. The van der Waals surface area contributed by atoms with Crippen molar-refractivity contribution in [2.24, 2.45) is 5.92 Å². The normalized spacial score (nSPS) is 19.9. The number of thiophene rings is 1. The fourth-order valence-corrected chi connectivity index (χ4v) is 4.21. The zero-order valence-electron chi connectivity index (χ0n) is 13.0. The first kappa shape index (κ1) is 14.5. The van der Waals surface area contributed by atoms with Crippen LogP contribution in [0.3, 0.4) is 0 Å². The summed E-state index contributed by atoms with van der Waals surface area (Å²) in [5.41, 5.74) is 3.34. The maximum absolute atomic E-state index is 12.2. The molecular formula is C18H19N3OS. The van der Waals surface area contributed by atoms with Crippen molar-refractivity contribution in [3.8, 4) is 0 Å². The molecule has 2 N–H and O–H groups in total. The van der Waals surface area contributed by atoms with Gasteiger partial charge in [0.05, 0.1) is 11.0 Å². The van der Waals surface area contributed by atoms with E-state index < -0.39 is 0 Å². The highest BCUT2D eigenvalue weighted by molar-refractivity contribution is 7.10. The number of carbonyl (C=O) groups excluding carboxylic acids is 1. The van der Waals surface area contributed by atoms with Crippen molar-refractivity contribution >= 4 is 28.3 Å². The quantitative estimate of drug-likeness (QED) is 0.755. The molecule has 1 aliphatic carbocycles. The van der Waals surface area contributed by atoms with Crippen LogP contribution in [0.4, 0.5) is 0 Å². The molecule has 0 saturated heterocycles. The zero-order chi connectivity index (χ0) is 15.8. The number of H-pyrrole nitrogens is 1.